The molecule has 2 rings (SSSR count). The summed E-state index contributed by atoms with van der Waals surface area (Å²) in [5.41, 5.74) is 2.15. The van der Waals surface area contributed by atoms with Crippen LogP contribution in [0, 0.1) is 13.8 Å². The molecule has 8 heteroatoms. The number of benzene rings is 2. The molecule has 2 aromatic rings. The molecule has 0 aliphatic heterocycles. The number of sulfone groups is 1. The zero-order chi connectivity index (χ0) is 19.5. The monoisotopic (exact) mass is 439 g/mol. The van der Waals surface area contributed by atoms with Gasteiger partial charge in [0.05, 0.1) is 10.5 Å². The average Bonchev–Trinajstić information content (AvgIpc) is 2.54. The van der Waals surface area contributed by atoms with E-state index in [9.17, 15) is 18.0 Å². The van der Waals surface area contributed by atoms with E-state index in [2.05, 4.69) is 21.2 Å². The molecule has 0 saturated carbocycles. The first-order chi connectivity index (χ1) is 12.1. The molecule has 0 aliphatic rings. The quantitative estimate of drug-likeness (QED) is 0.721. The molecule has 0 radical (unpaired) electrons. The minimum Gasteiger partial charge on any atom is -0.452 e. The molecule has 1 N–H and O–H groups in total. The van der Waals surface area contributed by atoms with E-state index in [1.807, 2.05) is 13.0 Å². The van der Waals surface area contributed by atoms with Crippen LogP contribution in [0.4, 0.5) is 5.69 Å². The maximum absolute atomic E-state index is 12.2. The molecule has 1 amide bonds. The van der Waals surface area contributed by atoms with Crippen molar-refractivity contribution in [2.75, 3.05) is 18.2 Å². The van der Waals surface area contributed by atoms with Crippen LogP contribution in [-0.4, -0.2) is 33.2 Å². The number of halogens is 1. The second-order valence-electron chi connectivity index (χ2n) is 5.83. The lowest BCUT2D eigenvalue weighted by Gasteiger charge is -2.10. The number of esters is 1. The summed E-state index contributed by atoms with van der Waals surface area (Å²) in [6.07, 6.45) is 1.06. The third-order valence-corrected chi connectivity index (χ3v) is 5.26. The normalized spacial score (nSPS) is 11.1. The summed E-state index contributed by atoms with van der Waals surface area (Å²) < 4.78 is 29.2. The highest BCUT2D eigenvalue weighted by atomic mass is 79.9. The van der Waals surface area contributed by atoms with E-state index >= 15 is 0 Å². The molecule has 2 aromatic carbocycles. The van der Waals surface area contributed by atoms with Gasteiger partial charge in [0.2, 0.25) is 0 Å². The summed E-state index contributed by atoms with van der Waals surface area (Å²) in [6, 6.07) is 9.57. The van der Waals surface area contributed by atoms with Crippen LogP contribution >= 0.6 is 15.9 Å². The fraction of sp³-hybridized carbons (Fsp3) is 0.222. The SMILES string of the molecule is Cc1cc(Br)ccc1NC(=O)COC(=O)c1cc(S(C)(=O)=O)ccc1C. The van der Waals surface area contributed by atoms with Gasteiger partial charge < -0.3 is 10.1 Å². The maximum atomic E-state index is 12.2. The van der Waals surface area contributed by atoms with Gasteiger partial charge in [0.25, 0.3) is 5.91 Å². The van der Waals surface area contributed by atoms with Gasteiger partial charge in [-0.2, -0.15) is 0 Å². The van der Waals surface area contributed by atoms with Crippen LogP contribution < -0.4 is 5.32 Å². The third kappa shape index (κ3) is 5.15. The molecule has 0 fully saturated rings. The molecule has 0 bridgehead atoms. The Bertz CT molecular complexity index is 970. The molecular formula is C18H18BrNO5S. The summed E-state index contributed by atoms with van der Waals surface area (Å²) in [7, 11) is -3.45. The molecule has 6 nitrogen and oxygen atoms in total. The van der Waals surface area contributed by atoms with Crippen molar-refractivity contribution in [2.45, 2.75) is 18.7 Å². The summed E-state index contributed by atoms with van der Waals surface area (Å²) in [5.74, 6) is -1.24. The van der Waals surface area contributed by atoms with E-state index in [4.69, 9.17) is 4.74 Å². The Labute approximate surface area is 160 Å². The van der Waals surface area contributed by atoms with Crippen molar-refractivity contribution < 1.29 is 22.7 Å². The number of rotatable bonds is 5. The molecular weight excluding hydrogens is 422 g/mol. The average molecular weight is 440 g/mol. The Balaban J connectivity index is 2.05. The van der Waals surface area contributed by atoms with Gasteiger partial charge in [-0.25, -0.2) is 13.2 Å². The topological polar surface area (TPSA) is 89.5 Å². The number of aryl methyl sites for hydroxylation is 2. The Morgan fingerprint density at radius 3 is 2.38 bits per heavy atom. The van der Waals surface area contributed by atoms with Crippen LogP contribution in [0.1, 0.15) is 21.5 Å². The van der Waals surface area contributed by atoms with Crippen molar-refractivity contribution in [1.82, 2.24) is 0 Å². The molecule has 138 valence electrons. The largest absolute Gasteiger partial charge is 0.452 e. The molecule has 0 unspecified atom stereocenters. The van der Waals surface area contributed by atoms with Crippen molar-refractivity contribution in [3.8, 4) is 0 Å². The highest BCUT2D eigenvalue weighted by Crippen LogP contribution is 2.20. The summed E-state index contributed by atoms with van der Waals surface area (Å²) in [4.78, 5) is 24.2. The minimum atomic E-state index is -3.45. The van der Waals surface area contributed by atoms with Gasteiger partial charge in [0, 0.05) is 16.4 Å². The van der Waals surface area contributed by atoms with Crippen molar-refractivity contribution in [2.24, 2.45) is 0 Å². The molecule has 0 aromatic heterocycles. The molecule has 0 spiro atoms. The lowest BCUT2D eigenvalue weighted by atomic mass is 10.1. The zero-order valence-corrected chi connectivity index (χ0v) is 16.9. The van der Waals surface area contributed by atoms with E-state index in [-0.39, 0.29) is 10.5 Å². The molecule has 0 atom stereocenters. The Morgan fingerprint density at radius 2 is 1.77 bits per heavy atom. The standard InChI is InChI=1S/C18H18BrNO5S/c1-11-4-6-14(26(3,23)24)9-15(11)18(22)25-10-17(21)20-16-7-5-13(19)8-12(16)2/h4-9H,10H2,1-3H3,(H,20,21). The van der Waals surface area contributed by atoms with Crippen LogP contribution in [0.25, 0.3) is 0 Å². The lowest BCUT2D eigenvalue weighted by Crippen LogP contribution is -2.21. The number of carbonyl (C=O) groups excluding carboxylic acids is 2. The number of amides is 1. The Morgan fingerprint density at radius 1 is 1.08 bits per heavy atom. The maximum Gasteiger partial charge on any atom is 0.338 e. The van der Waals surface area contributed by atoms with E-state index in [0.717, 1.165) is 16.3 Å². The van der Waals surface area contributed by atoms with Gasteiger partial charge in [0.15, 0.2) is 16.4 Å². The number of ether oxygens (including phenoxy) is 1. The van der Waals surface area contributed by atoms with E-state index < -0.39 is 28.3 Å². The number of nitrogens with one attached hydrogen (secondary N) is 1. The molecule has 0 aliphatic carbocycles. The predicted octanol–water partition coefficient (Wildman–Crippen LogP) is 3.26. The lowest BCUT2D eigenvalue weighted by molar-refractivity contribution is -0.119. The number of hydrogen-bond acceptors (Lipinski definition) is 5. The summed E-state index contributed by atoms with van der Waals surface area (Å²) in [6.45, 7) is 3.03. The number of hydrogen-bond donors (Lipinski definition) is 1. The highest BCUT2D eigenvalue weighted by molar-refractivity contribution is 9.10. The highest BCUT2D eigenvalue weighted by Gasteiger charge is 2.17. The van der Waals surface area contributed by atoms with Gasteiger partial charge in [-0.05, 0) is 55.3 Å². The number of anilines is 1. The minimum absolute atomic E-state index is 0.0185. The second-order valence-corrected chi connectivity index (χ2v) is 8.76. The van der Waals surface area contributed by atoms with Crippen molar-refractivity contribution in [3.63, 3.8) is 0 Å². The first kappa shape index (κ1) is 20.1. The second kappa shape index (κ2) is 8.01. The smallest absolute Gasteiger partial charge is 0.338 e. The van der Waals surface area contributed by atoms with Gasteiger partial charge >= 0.3 is 5.97 Å². The number of carbonyl (C=O) groups is 2. The van der Waals surface area contributed by atoms with E-state index in [0.29, 0.717) is 11.3 Å². The van der Waals surface area contributed by atoms with Crippen molar-refractivity contribution >= 4 is 43.3 Å². The summed E-state index contributed by atoms with van der Waals surface area (Å²) >= 11 is 3.34. The first-order valence-electron chi connectivity index (χ1n) is 7.62. The van der Waals surface area contributed by atoms with Crippen LogP contribution in [0.15, 0.2) is 45.8 Å². The van der Waals surface area contributed by atoms with Crippen LogP contribution in [0.3, 0.4) is 0 Å². The van der Waals surface area contributed by atoms with Crippen LogP contribution in [-0.2, 0) is 19.4 Å². The first-order valence-corrected chi connectivity index (χ1v) is 10.3. The van der Waals surface area contributed by atoms with Crippen LogP contribution in [0.5, 0.6) is 0 Å². The predicted molar refractivity (Wildman–Crippen MR) is 102 cm³/mol. The fourth-order valence-corrected chi connectivity index (χ4v) is 3.34. The van der Waals surface area contributed by atoms with Crippen LogP contribution in [0.2, 0.25) is 0 Å². The molecule has 26 heavy (non-hydrogen) atoms. The molecule has 0 heterocycles. The van der Waals surface area contributed by atoms with Crippen molar-refractivity contribution in [3.05, 3.63) is 57.6 Å². The van der Waals surface area contributed by atoms with Gasteiger partial charge in [-0.15, -0.1) is 0 Å². The fourth-order valence-electron chi connectivity index (χ4n) is 2.21. The van der Waals surface area contributed by atoms with Gasteiger partial charge in [-0.1, -0.05) is 22.0 Å². The summed E-state index contributed by atoms with van der Waals surface area (Å²) in [5, 5.41) is 2.66. The van der Waals surface area contributed by atoms with Gasteiger partial charge in [-0.3, -0.25) is 4.79 Å². The van der Waals surface area contributed by atoms with Gasteiger partial charge in [0.1, 0.15) is 0 Å². The Hall–Kier alpha value is -2.19. The van der Waals surface area contributed by atoms with E-state index in [1.54, 1.807) is 19.1 Å². The molecule has 0 saturated heterocycles. The van der Waals surface area contributed by atoms with E-state index in [1.165, 1.54) is 18.2 Å². The zero-order valence-electron chi connectivity index (χ0n) is 14.5. The Kier molecular flexibility index (Phi) is 6.20. The third-order valence-electron chi connectivity index (χ3n) is 3.65. The van der Waals surface area contributed by atoms with Crippen molar-refractivity contribution in [1.29, 1.82) is 0 Å².